The van der Waals surface area contributed by atoms with Crippen molar-refractivity contribution in [2.24, 2.45) is 0 Å². The quantitative estimate of drug-likeness (QED) is 0.432. The second kappa shape index (κ2) is 12.3. The van der Waals surface area contributed by atoms with Crippen molar-refractivity contribution in [2.45, 2.75) is 58.4 Å². The van der Waals surface area contributed by atoms with Crippen molar-refractivity contribution in [1.82, 2.24) is 19.9 Å². The molecule has 1 amide bonds. The van der Waals surface area contributed by atoms with Gasteiger partial charge in [-0.2, -0.15) is 0 Å². The Morgan fingerprint density at radius 1 is 1.00 bits per heavy atom. The highest BCUT2D eigenvalue weighted by atomic mass is 19.3. The van der Waals surface area contributed by atoms with Gasteiger partial charge in [-0.3, -0.25) is 14.5 Å². The first-order valence-electron chi connectivity index (χ1n) is 14.3. The van der Waals surface area contributed by atoms with E-state index in [2.05, 4.69) is 39.0 Å². The Bertz CT molecular complexity index is 1510. The number of hydrogen-bond donors (Lipinski definition) is 2. The summed E-state index contributed by atoms with van der Waals surface area (Å²) in [6, 6.07) is 3.78. The molecule has 2 fully saturated rings. The lowest BCUT2D eigenvalue weighted by Gasteiger charge is -2.44. The van der Waals surface area contributed by atoms with E-state index in [0.29, 0.717) is 49.4 Å². The van der Waals surface area contributed by atoms with Crippen LogP contribution >= 0.6 is 0 Å². The molecule has 2 aliphatic rings. The van der Waals surface area contributed by atoms with Crippen LogP contribution in [0.4, 0.5) is 30.5 Å². The van der Waals surface area contributed by atoms with Crippen LogP contribution in [0, 0.1) is 5.82 Å². The largest absolute Gasteiger partial charge is 0.372 e. The number of nitrogens with one attached hydrogen (secondary N) is 2. The van der Waals surface area contributed by atoms with Gasteiger partial charge in [0.05, 0.1) is 29.1 Å². The first kappa shape index (κ1) is 30.5. The summed E-state index contributed by atoms with van der Waals surface area (Å²) in [5.74, 6) is -0.911. The van der Waals surface area contributed by atoms with E-state index < -0.39 is 29.3 Å². The van der Waals surface area contributed by atoms with Crippen molar-refractivity contribution in [2.75, 3.05) is 48.3 Å². The summed E-state index contributed by atoms with van der Waals surface area (Å²) in [5, 5.41) is 2.71. The Labute approximate surface area is 247 Å². The molecule has 2 aromatic heterocycles. The predicted octanol–water partition coefficient (Wildman–Crippen LogP) is 4.30. The normalized spacial score (nSPS) is 23.1. The number of halogens is 3. The van der Waals surface area contributed by atoms with Gasteiger partial charge in [-0.05, 0) is 46.9 Å². The van der Waals surface area contributed by atoms with Crippen LogP contribution in [-0.4, -0.2) is 83.3 Å². The SMILES string of the molecule is C[C@@H]1CN(c2ncc(-c3cc(NC(=O)c4c[nH]c(=O)cc4C(F)F)c(N4C[C@@H](C)N(C)[C@@H](C)C4)cc3F)cn2)C[C@H](C)O1. The van der Waals surface area contributed by atoms with Crippen molar-refractivity contribution in [3.8, 4) is 11.1 Å². The van der Waals surface area contributed by atoms with E-state index in [4.69, 9.17) is 4.74 Å². The van der Waals surface area contributed by atoms with Crippen LogP contribution in [0.2, 0.25) is 0 Å². The number of pyridine rings is 1. The molecule has 0 bridgehead atoms. The number of carbonyl (C=O) groups excluding carboxylic acids is 1. The number of aromatic amines is 1. The molecule has 230 valence electrons. The topological polar surface area (TPSA) is 107 Å². The third-order valence-corrected chi connectivity index (χ3v) is 8.12. The van der Waals surface area contributed by atoms with Gasteiger partial charge in [-0.25, -0.2) is 23.1 Å². The number of ether oxygens (including phenoxy) is 1. The maximum atomic E-state index is 15.8. The molecule has 4 atom stereocenters. The summed E-state index contributed by atoms with van der Waals surface area (Å²) in [7, 11) is 2.02. The fourth-order valence-corrected chi connectivity index (χ4v) is 5.77. The van der Waals surface area contributed by atoms with E-state index in [1.54, 1.807) is 0 Å². The molecule has 0 unspecified atom stereocenters. The van der Waals surface area contributed by atoms with Crippen LogP contribution in [0.25, 0.3) is 11.1 Å². The van der Waals surface area contributed by atoms with E-state index in [-0.39, 0.29) is 41.1 Å². The lowest BCUT2D eigenvalue weighted by atomic mass is 10.0. The molecular weight excluding hydrogens is 563 g/mol. The number of H-pyrrole nitrogens is 1. The van der Waals surface area contributed by atoms with Gasteiger partial charge in [0.15, 0.2) is 0 Å². The molecule has 1 aromatic carbocycles. The first-order chi connectivity index (χ1) is 20.4. The molecular formula is C30H36F3N7O3. The van der Waals surface area contributed by atoms with Crippen LogP contribution in [0.1, 0.15) is 50.0 Å². The van der Waals surface area contributed by atoms with Gasteiger partial charge in [0, 0.05) is 79.6 Å². The number of morpholine rings is 1. The standard InChI is InChI=1S/C30H36F3N7O3/c1-16-12-39(13-17(2)38(16)5)26-8-24(31)21(20-9-35-30(36-10-20)40-14-18(3)43-19(4)15-40)6-25(26)37-29(42)23-11-34-27(41)7-22(23)28(32)33/h6-11,16-19,28H,12-15H2,1-5H3,(H,34,41)(H,37,42)/t16-,17+,18-,19+. The van der Waals surface area contributed by atoms with Crippen molar-refractivity contribution in [3.63, 3.8) is 0 Å². The Balaban J connectivity index is 1.52. The Kier molecular flexibility index (Phi) is 8.74. The number of anilines is 3. The number of carbonyl (C=O) groups is 1. The molecule has 3 aromatic rings. The Morgan fingerprint density at radius 3 is 2.23 bits per heavy atom. The van der Waals surface area contributed by atoms with E-state index in [0.717, 1.165) is 6.20 Å². The molecule has 2 saturated heterocycles. The van der Waals surface area contributed by atoms with Crippen molar-refractivity contribution in [3.05, 3.63) is 64.1 Å². The summed E-state index contributed by atoms with van der Waals surface area (Å²) in [4.78, 5) is 42.5. The number of benzene rings is 1. The molecule has 0 aliphatic carbocycles. The number of piperazine rings is 1. The van der Waals surface area contributed by atoms with Crippen LogP contribution in [0.15, 0.2) is 41.6 Å². The fourth-order valence-electron chi connectivity index (χ4n) is 5.77. The molecule has 4 heterocycles. The summed E-state index contributed by atoms with van der Waals surface area (Å²) < 4.78 is 49.0. The second-order valence-electron chi connectivity index (χ2n) is 11.5. The zero-order valence-electron chi connectivity index (χ0n) is 24.8. The first-order valence-corrected chi connectivity index (χ1v) is 14.3. The average molecular weight is 600 g/mol. The number of alkyl halides is 2. The monoisotopic (exact) mass is 599 g/mol. The smallest absolute Gasteiger partial charge is 0.264 e. The van der Waals surface area contributed by atoms with E-state index in [1.165, 1.54) is 24.5 Å². The van der Waals surface area contributed by atoms with Gasteiger partial charge >= 0.3 is 0 Å². The number of rotatable bonds is 6. The van der Waals surface area contributed by atoms with Gasteiger partial charge in [0.25, 0.3) is 12.3 Å². The van der Waals surface area contributed by atoms with E-state index in [9.17, 15) is 18.4 Å². The molecule has 2 aliphatic heterocycles. The van der Waals surface area contributed by atoms with Gasteiger partial charge in [-0.15, -0.1) is 0 Å². The van der Waals surface area contributed by atoms with Crippen LogP contribution in [0.3, 0.4) is 0 Å². The minimum absolute atomic E-state index is 0.0104. The van der Waals surface area contributed by atoms with Crippen molar-refractivity contribution >= 4 is 23.2 Å². The highest BCUT2D eigenvalue weighted by Gasteiger charge is 2.30. The zero-order valence-corrected chi connectivity index (χ0v) is 24.8. The molecule has 10 nitrogen and oxygen atoms in total. The average Bonchev–Trinajstić information content (AvgIpc) is 2.95. The molecule has 2 N–H and O–H groups in total. The van der Waals surface area contributed by atoms with Crippen LogP contribution in [-0.2, 0) is 4.74 Å². The highest BCUT2D eigenvalue weighted by Crippen LogP contribution is 2.36. The minimum Gasteiger partial charge on any atom is -0.372 e. The Hall–Kier alpha value is -3.97. The predicted molar refractivity (Wildman–Crippen MR) is 159 cm³/mol. The highest BCUT2D eigenvalue weighted by molar-refractivity contribution is 6.07. The summed E-state index contributed by atoms with van der Waals surface area (Å²) in [6.07, 6.45) is 0.982. The molecule has 13 heteroatoms. The van der Waals surface area contributed by atoms with E-state index in [1.807, 2.05) is 30.7 Å². The number of amides is 1. The van der Waals surface area contributed by atoms with Gasteiger partial charge in [-0.1, -0.05) is 0 Å². The van der Waals surface area contributed by atoms with E-state index >= 15 is 4.39 Å². The maximum Gasteiger partial charge on any atom is 0.264 e. The number of hydrogen-bond acceptors (Lipinski definition) is 8. The third kappa shape index (κ3) is 6.52. The second-order valence-corrected chi connectivity index (χ2v) is 11.5. The summed E-state index contributed by atoms with van der Waals surface area (Å²) in [6.45, 7) is 10.4. The van der Waals surface area contributed by atoms with Gasteiger partial charge in [0.2, 0.25) is 11.5 Å². The Morgan fingerprint density at radius 2 is 1.63 bits per heavy atom. The van der Waals surface area contributed by atoms with Gasteiger partial charge < -0.3 is 24.8 Å². The molecule has 0 saturated carbocycles. The third-order valence-electron chi connectivity index (χ3n) is 8.12. The summed E-state index contributed by atoms with van der Waals surface area (Å²) >= 11 is 0. The maximum absolute atomic E-state index is 15.8. The minimum atomic E-state index is -3.04. The lowest BCUT2D eigenvalue weighted by Crippen LogP contribution is -2.55. The van der Waals surface area contributed by atoms with Crippen LogP contribution < -0.4 is 20.7 Å². The fraction of sp³-hybridized carbons (Fsp3) is 0.467. The molecule has 5 rings (SSSR count). The zero-order chi connectivity index (χ0) is 31.0. The number of likely N-dealkylation sites (N-methyl/N-ethyl adjacent to an activating group) is 1. The van der Waals surface area contributed by atoms with Crippen molar-refractivity contribution in [1.29, 1.82) is 0 Å². The molecule has 0 radical (unpaired) electrons. The number of nitrogens with zero attached hydrogens (tertiary/aromatic N) is 5. The van der Waals surface area contributed by atoms with Crippen LogP contribution in [0.5, 0.6) is 0 Å². The summed E-state index contributed by atoms with van der Waals surface area (Å²) in [5.41, 5.74) is -0.650. The van der Waals surface area contributed by atoms with Gasteiger partial charge in [0.1, 0.15) is 5.82 Å². The number of aromatic nitrogens is 3. The molecule has 43 heavy (non-hydrogen) atoms. The molecule has 0 spiro atoms. The lowest BCUT2D eigenvalue weighted by molar-refractivity contribution is -0.00572. The van der Waals surface area contributed by atoms with Crippen molar-refractivity contribution < 1.29 is 22.7 Å².